The van der Waals surface area contributed by atoms with Crippen molar-refractivity contribution in [1.29, 1.82) is 0 Å². The third kappa shape index (κ3) is 6.24. The molecule has 216 valence electrons. The van der Waals surface area contributed by atoms with Crippen molar-refractivity contribution in [3.63, 3.8) is 0 Å². The number of carbonyl (C=O) groups is 6. The van der Waals surface area contributed by atoms with Gasteiger partial charge in [-0.3, -0.25) is 43.5 Å². The van der Waals surface area contributed by atoms with Crippen LogP contribution in [0.5, 0.6) is 0 Å². The van der Waals surface area contributed by atoms with E-state index in [9.17, 15) is 44.4 Å². The molecular weight excluding hydrogens is 593 g/mol. The van der Waals surface area contributed by atoms with Crippen LogP contribution in [0, 0.1) is 15.6 Å². The zero-order chi connectivity index (χ0) is 30.5. The second-order valence-electron chi connectivity index (χ2n) is 7.41. The van der Waals surface area contributed by atoms with Crippen LogP contribution in [0.2, 0.25) is 0 Å². The number of amides is 12. The van der Waals surface area contributed by atoms with Crippen LogP contribution in [-0.2, 0) is 31.2 Å². The van der Waals surface area contributed by atoms with Crippen molar-refractivity contribution in [2.45, 2.75) is 0 Å². The Bertz CT molecular complexity index is 1050. The molecule has 3 rings (SSSR count). The molecule has 0 bridgehead atoms. The maximum atomic E-state index is 11.1. The molecule has 0 aromatic carbocycles. The molecule has 3 aliphatic heterocycles. The van der Waals surface area contributed by atoms with Crippen LogP contribution in [0.25, 0.3) is 0 Å². The fourth-order valence-corrected chi connectivity index (χ4v) is 2.69. The first-order chi connectivity index (χ1) is 18.0. The van der Waals surface area contributed by atoms with Crippen molar-refractivity contribution in [2.75, 3.05) is 42.3 Å². The zero-order valence-electron chi connectivity index (χ0n) is 21.4. The van der Waals surface area contributed by atoms with Gasteiger partial charge in [-0.15, -0.1) is 0 Å². The van der Waals surface area contributed by atoms with Crippen LogP contribution in [0.3, 0.4) is 0 Å². The summed E-state index contributed by atoms with van der Waals surface area (Å²) in [5.74, 6) is -4.88. The topological polar surface area (TPSA) is 292 Å². The molecule has 0 aromatic heterocycles. The van der Waals surface area contributed by atoms with Gasteiger partial charge in [0.05, 0.1) is 0 Å². The SMILES string of the molecule is CN1C(=O)C(=N[O-])C(=[OH+])N(C)C1=O.CN1C(=O)C(=N[O-])C(=[OH+])N(C)C1=O.CN1C(=O)C(=N[O-])C(=[OH+])N(C)C1=O.[Co+3]. The molecule has 3 fully saturated rings. The molecule has 3 saturated heterocycles. The molecule has 0 radical (unpaired) electrons. The van der Waals surface area contributed by atoms with Gasteiger partial charge in [0, 0.05) is 42.3 Å². The fourth-order valence-electron chi connectivity index (χ4n) is 2.69. The second-order valence-corrected chi connectivity index (χ2v) is 7.41. The van der Waals surface area contributed by atoms with Crippen LogP contribution < -0.4 is 0 Å². The molecule has 40 heavy (non-hydrogen) atoms. The summed E-state index contributed by atoms with van der Waals surface area (Å²) in [6, 6.07) is -2.14. The largest absolute Gasteiger partial charge is 3.00 e. The van der Waals surface area contributed by atoms with Gasteiger partial charge < -0.3 is 31.1 Å². The predicted octanol–water partition coefficient (Wildman–Crippen LogP) is -3.15. The number of nitrogens with zero attached hydrogens (tertiary/aromatic N) is 9. The minimum atomic E-state index is -0.907. The van der Waals surface area contributed by atoms with Gasteiger partial charge in [0.2, 0.25) is 17.1 Å². The van der Waals surface area contributed by atoms with Crippen LogP contribution in [0.15, 0.2) is 15.5 Å². The molecule has 3 heterocycles. The Balaban J connectivity index is 0.000000563. The van der Waals surface area contributed by atoms with Gasteiger partial charge in [-0.2, -0.15) is 0 Å². The molecule has 0 atom stereocenters. The van der Waals surface area contributed by atoms with Gasteiger partial charge >= 0.3 is 52.6 Å². The van der Waals surface area contributed by atoms with E-state index in [0.717, 1.165) is 14.7 Å². The summed E-state index contributed by atoms with van der Waals surface area (Å²) in [6.45, 7) is 0. The Morgan fingerprint density at radius 3 is 0.775 bits per heavy atom. The third-order valence-corrected chi connectivity index (χ3v) is 5.11. The number of hydrogen-bond acceptors (Lipinski definition) is 12. The summed E-state index contributed by atoms with van der Waals surface area (Å²) in [4.78, 5) is 98.3. The van der Waals surface area contributed by atoms with Crippen LogP contribution in [0.4, 0.5) is 14.4 Å². The monoisotopic (exact) mass is 614 g/mol. The van der Waals surface area contributed by atoms with Crippen molar-refractivity contribution in [3.8, 4) is 0 Å². The van der Waals surface area contributed by atoms with E-state index in [-0.39, 0.29) is 16.8 Å². The van der Waals surface area contributed by atoms with Crippen molar-refractivity contribution >= 4 is 70.7 Å². The van der Waals surface area contributed by atoms with E-state index in [0.29, 0.717) is 14.7 Å². The second kappa shape index (κ2) is 13.5. The third-order valence-electron chi connectivity index (χ3n) is 5.11. The maximum absolute atomic E-state index is 11.1. The standard InChI is InChI=1S/3C6H7N3O4.Co/c3*1-8-4(10)3(7-13)5(11)9(2)6(8)12;/h3*13H,1-2H3;/q;;;+3. The Morgan fingerprint density at radius 2 is 0.625 bits per heavy atom. The van der Waals surface area contributed by atoms with Gasteiger partial charge in [0.25, 0.3) is 17.7 Å². The van der Waals surface area contributed by atoms with E-state index in [2.05, 4.69) is 15.5 Å². The average molecular weight is 614 g/mol. The normalized spacial score (nSPS) is 21.1. The van der Waals surface area contributed by atoms with E-state index < -0.39 is 70.7 Å². The molecule has 0 saturated carbocycles. The number of carbonyl (C=O) groups excluding carboxylic acids is 9. The van der Waals surface area contributed by atoms with Gasteiger partial charge in [-0.05, 0) is 0 Å². The molecular formula is C18H21CoN9O12+3. The van der Waals surface area contributed by atoms with Crippen LogP contribution in [-0.4, -0.2) is 157 Å². The Labute approximate surface area is 233 Å². The fraction of sp³-hybridized carbons (Fsp3) is 0.333. The summed E-state index contributed by atoms with van der Waals surface area (Å²) in [6.07, 6.45) is 0. The van der Waals surface area contributed by atoms with E-state index in [1.54, 1.807) is 0 Å². The summed E-state index contributed by atoms with van der Waals surface area (Å²) in [5, 5.41) is 37.4. The molecule has 22 heteroatoms. The number of urea groups is 3. The Hall–Kier alpha value is -5.25. The molecule has 0 aliphatic carbocycles. The zero-order valence-corrected chi connectivity index (χ0v) is 22.4. The first-order valence-corrected chi connectivity index (χ1v) is 9.98. The number of hydrogen-bond donors (Lipinski definition) is 0. The van der Waals surface area contributed by atoms with E-state index >= 15 is 0 Å². The summed E-state index contributed by atoms with van der Waals surface area (Å²) >= 11 is 0. The summed E-state index contributed by atoms with van der Waals surface area (Å²) in [5.41, 5.74) is -1.99. The Morgan fingerprint density at radius 1 is 0.450 bits per heavy atom. The molecule has 21 nitrogen and oxygen atoms in total. The Kier molecular flexibility index (Phi) is 11.7. The van der Waals surface area contributed by atoms with Gasteiger partial charge in [0.15, 0.2) is 0 Å². The number of imide groups is 6. The van der Waals surface area contributed by atoms with Crippen molar-refractivity contribution in [3.05, 3.63) is 15.6 Å². The van der Waals surface area contributed by atoms with E-state index in [4.69, 9.17) is 14.4 Å². The van der Waals surface area contributed by atoms with Crippen LogP contribution in [0.1, 0.15) is 0 Å². The van der Waals surface area contributed by atoms with Crippen molar-refractivity contribution < 1.29 is 59.9 Å². The molecule has 12 amide bonds. The van der Waals surface area contributed by atoms with E-state index in [1.807, 2.05) is 0 Å². The van der Waals surface area contributed by atoms with E-state index in [1.165, 1.54) is 42.3 Å². The quantitative estimate of drug-likeness (QED) is 0.196. The van der Waals surface area contributed by atoms with Crippen LogP contribution >= 0.6 is 0 Å². The first-order valence-electron chi connectivity index (χ1n) is 9.98. The first kappa shape index (κ1) is 34.7. The van der Waals surface area contributed by atoms with Gasteiger partial charge in [0.1, 0.15) is 0 Å². The van der Waals surface area contributed by atoms with Gasteiger partial charge in [-0.25, -0.2) is 29.1 Å². The minimum absolute atomic E-state index is 0. The number of barbiturate groups is 3. The molecule has 3 N–H and O–H groups in total. The molecule has 0 aromatic rings. The summed E-state index contributed by atoms with van der Waals surface area (Å²) in [7, 11) is 7.26. The molecule has 0 spiro atoms. The molecule has 0 unspecified atom stereocenters. The van der Waals surface area contributed by atoms with Gasteiger partial charge in [-0.1, -0.05) is 0 Å². The smallest absolute Gasteiger partial charge is 0.791 e. The molecule has 3 aliphatic rings. The summed E-state index contributed by atoms with van der Waals surface area (Å²) < 4.78 is 0. The van der Waals surface area contributed by atoms with Crippen molar-refractivity contribution in [1.82, 2.24) is 29.4 Å². The average Bonchev–Trinajstić information content (AvgIpc) is 2.92. The number of rotatable bonds is 0. The maximum Gasteiger partial charge on any atom is 3.00 e. The van der Waals surface area contributed by atoms with Crippen molar-refractivity contribution in [2.24, 2.45) is 15.5 Å². The minimum Gasteiger partial charge on any atom is -0.791 e. The predicted molar refractivity (Wildman–Crippen MR) is 131 cm³/mol.